The Bertz CT molecular complexity index is 632. The number of anilines is 1. The average Bonchev–Trinajstić information content (AvgIpc) is 2.70. The molecule has 0 aromatic carbocycles. The van der Waals surface area contributed by atoms with E-state index in [9.17, 15) is 13.2 Å². The van der Waals surface area contributed by atoms with Crippen LogP contribution in [-0.2, 0) is 10.0 Å². The molecular formula is C7H6N4O3S2. The number of hydrogen-bond acceptors (Lipinski definition) is 6. The first-order valence-electron chi connectivity index (χ1n) is 4.07. The lowest BCUT2D eigenvalue weighted by Crippen LogP contribution is -2.20. The average molecular weight is 258 g/mol. The van der Waals surface area contributed by atoms with Crippen LogP contribution in [0.3, 0.4) is 0 Å². The normalized spacial score (nSPS) is 11.2. The summed E-state index contributed by atoms with van der Waals surface area (Å²) in [5, 5.41) is 3.73. The van der Waals surface area contributed by atoms with Crippen molar-refractivity contribution in [1.82, 2.24) is 14.6 Å². The van der Waals surface area contributed by atoms with Gasteiger partial charge >= 0.3 is 0 Å². The van der Waals surface area contributed by atoms with Gasteiger partial charge in [0.2, 0.25) is 5.43 Å². The van der Waals surface area contributed by atoms with E-state index < -0.39 is 15.5 Å². The van der Waals surface area contributed by atoms with Crippen LogP contribution in [0, 0.1) is 0 Å². The molecule has 0 spiro atoms. The Morgan fingerprint density at radius 1 is 1.44 bits per heavy atom. The lowest BCUT2D eigenvalue weighted by Gasteiger charge is -2.02. The van der Waals surface area contributed by atoms with Gasteiger partial charge in [0.25, 0.3) is 10.0 Å². The maximum atomic E-state index is 11.7. The number of H-pyrrole nitrogens is 1. The highest BCUT2D eigenvalue weighted by molar-refractivity contribution is 7.93. The third-order valence-electron chi connectivity index (χ3n) is 1.67. The lowest BCUT2D eigenvalue weighted by molar-refractivity contribution is 0.600. The summed E-state index contributed by atoms with van der Waals surface area (Å²) >= 11 is 0.887. The smallest absolute Gasteiger partial charge is 0.267 e. The molecule has 16 heavy (non-hydrogen) atoms. The zero-order valence-corrected chi connectivity index (χ0v) is 9.38. The minimum atomic E-state index is -3.88. The fraction of sp³-hybridized carbons (Fsp3) is 0. The van der Waals surface area contributed by atoms with Gasteiger partial charge < -0.3 is 4.98 Å². The first-order valence-corrected chi connectivity index (χ1v) is 6.32. The molecule has 2 rings (SSSR count). The fourth-order valence-corrected chi connectivity index (χ4v) is 2.75. The first-order chi connectivity index (χ1) is 7.59. The summed E-state index contributed by atoms with van der Waals surface area (Å²) in [5.41, 5.74) is -0.580. The SMILES string of the molecule is O=c1cc[nH]cc1S(=O)(=O)Nc1cnns1. The second-order valence-electron chi connectivity index (χ2n) is 2.76. The molecule has 0 bridgehead atoms. The number of rotatable bonds is 3. The van der Waals surface area contributed by atoms with Gasteiger partial charge in [-0.3, -0.25) is 9.52 Å². The number of hydrogen-bond donors (Lipinski definition) is 2. The Morgan fingerprint density at radius 3 is 2.88 bits per heavy atom. The van der Waals surface area contributed by atoms with E-state index in [-0.39, 0.29) is 9.90 Å². The predicted molar refractivity (Wildman–Crippen MR) is 57.8 cm³/mol. The van der Waals surface area contributed by atoms with Crippen LogP contribution in [-0.4, -0.2) is 23.0 Å². The van der Waals surface area contributed by atoms with Crippen molar-refractivity contribution in [3.05, 3.63) is 34.9 Å². The molecular weight excluding hydrogens is 252 g/mol. The van der Waals surface area contributed by atoms with Crippen molar-refractivity contribution in [1.29, 1.82) is 0 Å². The van der Waals surface area contributed by atoms with E-state index in [2.05, 4.69) is 19.3 Å². The van der Waals surface area contributed by atoms with Crippen LogP contribution in [0.1, 0.15) is 0 Å². The Labute approximate surface area is 94.4 Å². The van der Waals surface area contributed by atoms with Crippen molar-refractivity contribution in [2.24, 2.45) is 0 Å². The second-order valence-corrected chi connectivity index (χ2v) is 5.20. The third-order valence-corrected chi connectivity index (χ3v) is 3.77. The van der Waals surface area contributed by atoms with Crippen LogP contribution < -0.4 is 10.2 Å². The second kappa shape index (κ2) is 4.02. The number of sulfonamides is 1. The molecule has 2 heterocycles. The van der Waals surface area contributed by atoms with E-state index in [0.717, 1.165) is 23.8 Å². The maximum absolute atomic E-state index is 11.7. The highest BCUT2D eigenvalue weighted by Gasteiger charge is 2.18. The van der Waals surface area contributed by atoms with E-state index >= 15 is 0 Å². The first kappa shape index (κ1) is 10.8. The highest BCUT2D eigenvalue weighted by Crippen LogP contribution is 2.14. The lowest BCUT2D eigenvalue weighted by atomic mass is 10.5. The van der Waals surface area contributed by atoms with Crippen molar-refractivity contribution < 1.29 is 8.42 Å². The van der Waals surface area contributed by atoms with E-state index in [0.29, 0.717) is 0 Å². The van der Waals surface area contributed by atoms with Crippen LogP contribution in [0.4, 0.5) is 5.00 Å². The molecule has 2 aromatic rings. The summed E-state index contributed by atoms with van der Waals surface area (Å²) in [7, 11) is -3.88. The molecule has 0 radical (unpaired) electrons. The highest BCUT2D eigenvalue weighted by atomic mass is 32.2. The molecule has 84 valence electrons. The van der Waals surface area contributed by atoms with Gasteiger partial charge in [-0.05, 0) is 0 Å². The molecule has 2 N–H and O–H groups in total. The van der Waals surface area contributed by atoms with Crippen LogP contribution in [0.15, 0.2) is 34.3 Å². The minimum Gasteiger partial charge on any atom is -0.366 e. The zero-order valence-electron chi connectivity index (χ0n) is 7.75. The van der Waals surface area contributed by atoms with Crippen LogP contribution >= 0.6 is 11.5 Å². The largest absolute Gasteiger partial charge is 0.366 e. The molecule has 0 aliphatic rings. The molecule has 0 atom stereocenters. The number of aromatic nitrogens is 3. The van der Waals surface area contributed by atoms with E-state index in [1.165, 1.54) is 12.4 Å². The third kappa shape index (κ3) is 2.09. The van der Waals surface area contributed by atoms with Crippen molar-refractivity contribution in [3.63, 3.8) is 0 Å². The van der Waals surface area contributed by atoms with Crippen LogP contribution in [0.25, 0.3) is 0 Å². The number of aromatic amines is 1. The Morgan fingerprint density at radius 2 is 2.25 bits per heavy atom. The Hall–Kier alpha value is -1.74. The van der Waals surface area contributed by atoms with Crippen molar-refractivity contribution in [2.45, 2.75) is 4.90 Å². The minimum absolute atomic E-state index is 0.253. The fourth-order valence-electron chi connectivity index (χ4n) is 1.01. The van der Waals surface area contributed by atoms with Gasteiger partial charge in [0.1, 0.15) is 5.00 Å². The molecule has 2 aromatic heterocycles. The molecule has 0 aliphatic heterocycles. The molecule has 0 amide bonds. The van der Waals surface area contributed by atoms with Crippen LogP contribution in [0.5, 0.6) is 0 Å². The predicted octanol–water partition coefficient (Wildman–Crippen LogP) is 0.0272. The molecule has 0 fully saturated rings. The number of pyridine rings is 1. The molecule has 9 heteroatoms. The Balaban J connectivity index is 2.41. The van der Waals surface area contributed by atoms with Gasteiger partial charge in [-0.1, -0.05) is 4.49 Å². The molecule has 0 aliphatic carbocycles. The summed E-state index contributed by atoms with van der Waals surface area (Å²) in [6.45, 7) is 0. The molecule has 7 nitrogen and oxygen atoms in total. The van der Waals surface area contributed by atoms with Gasteiger partial charge in [0, 0.05) is 30.0 Å². The van der Waals surface area contributed by atoms with E-state index in [1.807, 2.05) is 0 Å². The van der Waals surface area contributed by atoms with Gasteiger partial charge in [-0.2, -0.15) is 0 Å². The molecule has 0 saturated heterocycles. The quantitative estimate of drug-likeness (QED) is 0.808. The summed E-state index contributed by atoms with van der Waals surface area (Å²) in [5.74, 6) is 0. The summed E-state index contributed by atoms with van der Waals surface area (Å²) in [4.78, 5) is 13.5. The van der Waals surface area contributed by atoms with Gasteiger partial charge in [0.15, 0.2) is 4.90 Å². The van der Waals surface area contributed by atoms with Gasteiger partial charge in [-0.15, -0.1) is 5.10 Å². The Kier molecular flexibility index (Phi) is 2.71. The molecule has 0 saturated carbocycles. The van der Waals surface area contributed by atoms with E-state index in [4.69, 9.17) is 0 Å². The van der Waals surface area contributed by atoms with Crippen LogP contribution in [0.2, 0.25) is 0 Å². The van der Waals surface area contributed by atoms with Gasteiger partial charge in [-0.25, -0.2) is 8.42 Å². The van der Waals surface area contributed by atoms with Crippen molar-refractivity contribution in [3.8, 4) is 0 Å². The number of nitrogens with one attached hydrogen (secondary N) is 2. The van der Waals surface area contributed by atoms with Crippen molar-refractivity contribution >= 4 is 26.6 Å². The van der Waals surface area contributed by atoms with Crippen molar-refractivity contribution in [2.75, 3.05) is 4.72 Å². The zero-order chi connectivity index (χ0) is 11.6. The monoisotopic (exact) mass is 258 g/mol. The van der Waals surface area contributed by atoms with E-state index in [1.54, 1.807) is 0 Å². The maximum Gasteiger partial charge on any atom is 0.267 e. The van der Waals surface area contributed by atoms with Gasteiger partial charge in [0.05, 0.1) is 6.20 Å². The summed E-state index contributed by atoms with van der Waals surface area (Å²) < 4.78 is 29.2. The summed E-state index contributed by atoms with van der Waals surface area (Å²) in [6, 6.07) is 1.14. The summed E-state index contributed by atoms with van der Waals surface area (Å²) in [6.07, 6.45) is 3.74. The number of nitrogens with zero attached hydrogens (tertiary/aromatic N) is 2. The molecule has 0 unspecified atom stereocenters. The standard InChI is InChI=1S/C7H6N4O3S2/c12-5-1-2-8-3-6(5)16(13,14)10-7-4-9-11-15-7/h1-4,10H,(H,8,12). The topological polar surface area (TPSA) is 105 Å².